The van der Waals surface area contributed by atoms with Crippen LogP contribution in [-0.4, -0.2) is 20.9 Å². The topological polar surface area (TPSA) is 55.7 Å². The second kappa shape index (κ2) is 7.87. The maximum Gasteiger partial charge on any atom is 0.175 e. The van der Waals surface area contributed by atoms with Crippen molar-refractivity contribution in [3.05, 3.63) is 70.8 Å². The molecule has 0 amide bonds. The van der Waals surface area contributed by atoms with E-state index in [0.717, 1.165) is 36.0 Å². The summed E-state index contributed by atoms with van der Waals surface area (Å²) < 4.78 is 23.2. The molecular weight excluding hydrogens is 346 g/mol. The summed E-state index contributed by atoms with van der Waals surface area (Å²) >= 11 is 0. The summed E-state index contributed by atoms with van der Waals surface area (Å²) in [5, 5.41) is 4.12. The van der Waals surface area contributed by atoms with Crippen molar-refractivity contribution in [3.63, 3.8) is 0 Å². The van der Waals surface area contributed by atoms with Gasteiger partial charge in [0.25, 0.3) is 0 Å². The fraction of sp³-hybridized carbons (Fsp3) is 0.286. The van der Waals surface area contributed by atoms with Crippen LogP contribution in [0.1, 0.15) is 36.0 Å². The van der Waals surface area contributed by atoms with E-state index >= 15 is 0 Å². The number of benzene rings is 2. The first-order chi connectivity index (χ1) is 12.4. The summed E-state index contributed by atoms with van der Waals surface area (Å²) in [5.74, 6) is 0. The van der Waals surface area contributed by atoms with Crippen LogP contribution in [0, 0.1) is 6.92 Å². The molecule has 2 aromatic carbocycles. The Morgan fingerprint density at radius 1 is 1.04 bits per heavy atom. The van der Waals surface area contributed by atoms with E-state index in [1.54, 1.807) is 18.3 Å². The van der Waals surface area contributed by atoms with Crippen LogP contribution in [0.25, 0.3) is 5.57 Å². The first-order valence-electron chi connectivity index (χ1n) is 8.67. The number of hydrogen-bond donors (Lipinski definition) is 0. The molecule has 4 nitrogen and oxygen atoms in total. The maximum absolute atomic E-state index is 11.6. The fourth-order valence-electron chi connectivity index (χ4n) is 3.04. The molecule has 0 atom stereocenters. The fourth-order valence-corrected chi connectivity index (χ4v) is 3.67. The molecule has 0 aliphatic heterocycles. The number of sulfone groups is 1. The van der Waals surface area contributed by atoms with E-state index in [1.807, 2.05) is 24.3 Å². The van der Waals surface area contributed by atoms with Crippen molar-refractivity contribution in [1.29, 1.82) is 0 Å². The third-order valence-electron chi connectivity index (χ3n) is 4.53. The van der Waals surface area contributed by atoms with Crippen LogP contribution in [0.15, 0.2) is 64.2 Å². The Labute approximate surface area is 155 Å². The predicted octanol–water partition coefficient (Wildman–Crippen LogP) is 4.54. The summed E-state index contributed by atoms with van der Waals surface area (Å²) in [6, 6.07) is 15.3. The Hall–Kier alpha value is -2.40. The van der Waals surface area contributed by atoms with Crippen LogP contribution in [0.2, 0.25) is 0 Å². The third-order valence-corrected chi connectivity index (χ3v) is 5.65. The van der Waals surface area contributed by atoms with Gasteiger partial charge in [-0.05, 0) is 60.6 Å². The van der Waals surface area contributed by atoms with E-state index < -0.39 is 9.84 Å². The van der Waals surface area contributed by atoms with Gasteiger partial charge in [0.15, 0.2) is 9.84 Å². The van der Waals surface area contributed by atoms with Gasteiger partial charge < -0.3 is 4.84 Å². The highest BCUT2D eigenvalue weighted by molar-refractivity contribution is 7.90. The highest BCUT2D eigenvalue weighted by atomic mass is 32.2. The molecule has 0 N–H and O–H groups in total. The molecule has 3 rings (SSSR count). The van der Waals surface area contributed by atoms with E-state index in [4.69, 9.17) is 4.84 Å². The molecule has 0 bridgehead atoms. The van der Waals surface area contributed by atoms with E-state index in [2.05, 4.69) is 24.2 Å². The largest absolute Gasteiger partial charge is 0.391 e. The molecule has 0 unspecified atom stereocenters. The monoisotopic (exact) mass is 369 g/mol. The molecule has 26 heavy (non-hydrogen) atoms. The molecule has 0 aromatic heterocycles. The number of oxime groups is 1. The van der Waals surface area contributed by atoms with Crippen LogP contribution >= 0.6 is 0 Å². The van der Waals surface area contributed by atoms with Crippen molar-refractivity contribution in [2.45, 2.75) is 37.7 Å². The van der Waals surface area contributed by atoms with E-state index in [1.165, 1.54) is 17.4 Å². The van der Waals surface area contributed by atoms with Gasteiger partial charge >= 0.3 is 0 Å². The minimum atomic E-state index is -3.17. The quantitative estimate of drug-likeness (QED) is 0.555. The molecule has 0 heterocycles. The van der Waals surface area contributed by atoms with Gasteiger partial charge in [-0.1, -0.05) is 47.1 Å². The molecular formula is C21H23NO3S. The van der Waals surface area contributed by atoms with Crippen LogP contribution < -0.4 is 0 Å². The zero-order chi connectivity index (χ0) is 18.6. The van der Waals surface area contributed by atoms with Gasteiger partial charge in [-0.15, -0.1) is 0 Å². The minimum Gasteiger partial charge on any atom is -0.391 e. The number of nitrogens with zero attached hydrogens (tertiary/aromatic N) is 1. The molecule has 5 heteroatoms. The number of allylic oxidation sites excluding steroid dienone is 2. The Kier molecular flexibility index (Phi) is 5.57. The first-order valence-corrected chi connectivity index (χ1v) is 10.6. The second-order valence-corrected chi connectivity index (χ2v) is 8.66. The summed E-state index contributed by atoms with van der Waals surface area (Å²) in [4.78, 5) is 5.77. The molecule has 1 aliphatic rings. The highest BCUT2D eigenvalue weighted by Crippen LogP contribution is 2.33. The van der Waals surface area contributed by atoms with Crippen molar-refractivity contribution >= 4 is 21.6 Å². The average Bonchev–Trinajstić information content (AvgIpc) is 3.08. The van der Waals surface area contributed by atoms with Gasteiger partial charge in [0.05, 0.1) is 11.1 Å². The van der Waals surface area contributed by atoms with Crippen molar-refractivity contribution in [1.82, 2.24) is 0 Å². The Morgan fingerprint density at radius 2 is 1.73 bits per heavy atom. The van der Waals surface area contributed by atoms with Gasteiger partial charge in [0, 0.05) is 6.26 Å². The van der Waals surface area contributed by atoms with Crippen LogP contribution in [0.5, 0.6) is 0 Å². The Morgan fingerprint density at radius 3 is 2.38 bits per heavy atom. The number of hydrogen-bond acceptors (Lipinski definition) is 4. The molecule has 0 saturated heterocycles. The van der Waals surface area contributed by atoms with Crippen LogP contribution in [-0.2, 0) is 21.3 Å². The van der Waals surface area contributed by atoms with Gasteiger partial charge in [-0.2, -0.15) is 0 Å². The molecule has 2 aromatic rings. The molecule has 136 valence electrons. The summed E-state index contributed by atoms with van der Waals surface area (Å²) in [6.07, 6.45) is 6.02. The molecule has 0 spiro atoms. The average molecular weight is 369 g/mol. The van der Waals surface area contributed by atoms with E-state index in [0.29, 0.717) is 11.5 Å². The van der Waals surface area contributed by atoms with Crippen molar-refractivity contribution < 1.29 is 13.3 Å². The van der Waals surface area contributed by atoms with Gasteiger partial charge in [-0.25, -0.2) is 8.42 Å². The second-order valence-electron chi connectivity index (χ2n) is 6.65. The molecule has 0 radical (unpaired) electrons. The predicted molar refractivity (Wildman–Crippen MR) is 105 cm³/mol. The van der Waals surface area contributed by atoms with E-state index in [9.17, 15) is 8.42 Å². The van der Waals surface area contributed by atoms with Crippen LogP contribution in [0.4, 0.5) is 0 Å². The van der Waals surface area contributed by atoms with Gasteiger partial charge in [-0.3, -0.25) is 0 Å². The lowest BCUT2D eigenvalue weighted by Crippen LogP contribution is -1.97. The SMILES string of the molecule is Cc1ccc(CO/N=C/C2=C(c3ccc(S(C)(=O)=O)cc3)CCC2)cc1. The summed E-state index contributed by atoms with van der Waals surface area (Å²) in [5.41, 5.74) is 5.73. The van der Waals surface area contributed by atoms with Crippen molar-refractivity contribution in [3.8, 4) is 0 Å². The maximum atomic E-state index is 11.6. The Bertz CT molecular complexity index is 924. The number of aryl methyl sites for hydroxylation is 1. The molecule has 1 aliphatic carbocycles. The normalized spacial score (nSPS) is 15.0. The summed E-state index contributed by atoms with van der Waals surface area (Å²) in [6.45, 7) is 2.50. The zero-order valence-electron chi connectivity index (χ0n) is 15.1. The Balaban J connectivity index is 1.68. The minimum absolute atomic E-state index is 0.344. The van der Waals surface area contributed by atoms with Gasteiger partial charge in [0.2, 0.25) is 0 Å². The lowest BCUT2D eigenvalue weighted by atomic mass is 10.0. The van der Waals surface area contributed by atoms with E-state index in [-0.39, 0.29) is 0 Å². The lowest BCUT2D eigenvalue weighted by Gasteiger charge is -2.06. The standard InChI is InChI=1S/C21H23NO3S/c1-16-6-8-17(9-7-16)15-25-22-14-19-4-3-5-21(19)18-10-12-20(13-11-18)26(2,23)24/h6-14H,3-5,15H2,1-2H3/b22-14+. The molecule has 0 fully saturated rings. The van der Waals surface area contributed by atoms with Gasteiger partial charge in [0.1, 0.15) is 6.61 Å². The lowest BCUT2D eigenvalue weighted by molar-refractivity contribution is 0.132. The van der Waals surface area contributed by atoms with Crippen molar-refractivity contribution in [2.75, 3.05) is 6.26 Å². The van der Waals surface area contributed by atoms with Crippen molar-refractivity contribution in [2.24, 2.45) is 5.16 Å². The third kappa shape index (κ3) is 4.61. The number of rotatable bonds is 6. The smallest absolute Gasteiger partial charge is 0.175 e. The summed E-state index contributed by atoms with van der Waals surface area (Å²) in [7, 11) is -3.17. The molecule has 0 saturated carbocycles. The highest BCUT2D eigenvalue weighted by Gasteiger charge is 2.16. The zero-order valence-corrected chi connectivity index (χ0v) is 15.9. The van der Waals surface area contributed by atoms with Crippen LogP contribution in [0.3, 0.4) is 0 Å². The first kappa shape index (κ1) is 18.4.